The molecule has 2 aromatic rings. The predicted octanol–water partition coefficient (Wildman–Crippen LogP) is 2.85. The zero-order valence-corrected chi connectivity index (χ0v) is 11.2. The van der Waals surface area contributed by atoms with Gasteiger partial charge in [-0.05, 0) is 37.0 Å². The number of rotatable bonds is 3. The topological polar surface area (TPSA) is 50.9 Å². The van der Waals surface area contributed by atoms with E-state index < -0.39 is 0 Å². The molecule has 3 N–H and O–H groups in total. The summed E-state index contributed by atoms with van der Waals surface area (Å²) >= 11 is 0. The van der Waals surface area contributed by atoms with Crippen molar-refractivity contribution in [2.24, 2.45) is 5.84 Å². The fourth-order valence-corrected chi connectivity index (χ4v) is 3.12. The van der Waals surface area contributed by atoms with E-state index in [0.717, 1.165) is 25.0 Å². The number of benzene rings is 1. The summed E-state index contributed by atoms with van der Waals surface area (Å²) in [7, 11) is 0. The molecule has 1 aliphatic carbocycles. The van der Waals surface area contributed by atoms with E-state index in [-0.39, 0.29) is 17.8 Å². The maximum atomic E-state index is 14.0. The summed E-state index contributed by atoms with van der Waals surface area (Å²) in [4.78, 5) is 4.51. The van der Waals surface area contributed by atoms with Crippen LogP contribution in [-0.2, 0) is 6.42 Å². The molecule has 0 amide bonds. The summed E-state index contributed by atoms with van der Waals surface area (Å²) < 4.78 is 14.0. The summed E-state index contributed by atoms with van der Waals surface area (Å²) in [6.07, 6.45) is 4.88. The van der Waals surface area contributed by atoms with E-state index in [1.165, 1.54) is 11.6 Å². The number of hydrogen-bond acceptors (Lipinski definition) is 3. The predicted molar refractivity (Wildman–Crippen MR) is 76.4 cm³/mol. The Bertz CT molecular complexity index is 600. The second-order valence-corrected chi connectivity index (χ2v) is 5.21. The van der Waals surface area contributed by atoms with Gasteiger partial charge < -0.3 is 0 Å². The number of halogens is 1. The molecule has 1 aromatic carbocycles. The third-order valence-electron chi connectivity index (χ3n) is 4.06. The fourth-order valence-electron chi connectivity index (χ4n) is 3.12. The average molecular weight is 271 g/mol. The van der Waals surface area contributed by atoms with Crippen LogP contribution in [0.25, 0.3) is 0 Å². The number of fused-ring (bicyclic) bond motifs is 1. The first-order valence-corrected chi connectivity index (χ1v) is 6.95. The quantitative estimate of drug-likeness (QED) is 0.666. The third kappa shape index (κ3) is 2.32. The van der Waals surface area contributed by atoms with Crippen LogP contribution in [0.1, 0.15) is 41.6 Å². The molecule has 104 valence electrons. The molecule has 1 aromatic heterocycles. The summed E-state index contributed by atoms with van der Waals surface area (Å²) in [5, 5.41) is 0. The lowest BCUT2D eigenvalue weighted by Crippen LogP contribution is -2.35. The third-order valence-corrected chi connectivity index (χ3v) is 4.06. The van der Waals surface area contributed by atoms with Crippen molar-refractivity contribution < 1.29 is 4.39 Å². The standard InChI is InChI=1S/C16H18FN3/c17-14-9-2-1-7-12(14)16(20-18)13-8-3-5-11-6-4-10-19-15(11)13/h1-2,4,6-7,9-10,13,16,20H,3,5,8,18H2. The number of nitrogens with one attached hydrogen (secondary N) is 1. The van der Waals surface area contributed by atoms with Crippen molar-refractivity contribution in [3.05, 3.63) is 65.2 Å². The van der Waals surface area contributed by atoms with E-state index in [9.17, 15) is 4.39 Å². The van der Waals surface area contributed by atoms with E-state index in [4.69, 9.17) is 5.84 Å². The molecule has 2 atom stereocenters. The Morgan fingerprint density at radius 1 is 1.25 bits per heavy atom. The molecule has 0 bridgehead atoms. The minimum absolute atomic E-state index is 0.113. The highest BCUT2D eigenvalue weighted by Crippen LogP contribution is 2.39. The van der Waals surface area contributed by atoms with E-state index >= 15 is 0 Å². The number of aromatic nitrogens is 1. The van der Waals surface area contributed by atoms with Gasteiger partial charge in [0.1, 0.15) is 5.82 Å². The van der Waals surface area contributed by atoms with Crippen molar-refractivity contribution in [1.29, 1.82) is 0 Å². The first kappa shape index (κ1) is 13.2. The van der Waals surface area contributed by atoms with Crippen LogP contribution in [-0.4, -0.2) is 4.98 Å². The summed E-state index contributed by atoms with van der Waals surface area (Å²) in [6, 6.07) is 10.6. The molecule has 1 heterocycles. The van der Waals surface area contributed by atoms with Gasteiger partial charge in [-0.25, -0.2) is 4.39 Å². The van der Waals surface area contributed by atoms with Crippen molar-refractivity contribution in [2.45, 2.75) is 31.2 Å². The van der Waals surface area contributed by atoms with Gasteiger partial charge in [-0.3, -0.25) is 16.3 Å². The highest BCUT2D eigenvalue weighted by Gasteiger charge is 2.30. The first-order chi connectivity index (χ1) is 9.81. The van der Waals surface area contributed by atoms with Crippen molar-refractivity contribution >= 4 is 0 Å². The minimum atomic E-state index is -0.245. The minimum Gasteiger partial charge on any atom is -0.271 e. The van der Waals surface area contributed by atoms with E-state index in [0.29, 0.717) is 5.56 Å². The van der Waals surface area contributed by atoms with Crippen LogP contribution in [0.2, 0.25) is 0 Å². The normalized spacial score (nSPS) is 19.4. The Hall–Kier alpha value is -1.78. The summed E-state index contributed by atoms with van der Waals surface area (Å²) in [5.41, 5.74) is 5.70. The molecule has 1 aliphatic rings. The zero-order chi connectivity index (χ0) is 13.9. The molecule has 20 heavy (non-hydrogen) atoms. The molecule has 0 fully saturated rings. The van der Waals surface area contributed by atoms with E-state index in [1.54, 1.807) is 18.3 Å². The van der Waals surface area contributed by atoms with Gasteiger partial charge in [0.2, 0.25) is 0 Å². The molecule has 0 spiro atoms. The Morgan fingerprint density at radius 3 is 2.90 bits per heavy atom. The number of aryl methyl sites for hydroxylation is 1. The second-order valence-electron chi connectivity index (χ2n) is 5.21. The molecule has 0 saturated carbocycles. The Kier molecular flexibility index (Phi) is 3.76. The van der Waals surface area contributed by atoms with Gasteiger partial charge in [-0.15, -0.1) is 0 Å². The zero-order valence-electron chi connectivity index (χ0n) is 11.2. The van der Waals surface area contributed by atoms with Gasteiger partial charge in [-0.2, -0.15) is 0 Å². The monoisotopic (exact) mass is 271 g/mol. The number of hydrogen-bond donors (Lipinski definition) is 2. The van der Waals surface area contributed by atoms with Crippen LogP contribution < -0.4 is 11.3 Å². The van der Waals surface area contributed by atoms with Gasteiger partial charge >= 0.3 is 0 Å². The average Bonchev–Trinajstić information content (AvgIpc) is 2.50. The molecule has 4 heteroatoms. The van der Waals surface area contributed by atoms with Crippen molar-refractivity contribution in [1.82, 2.24) is 10.4 Å². The lowest BCUT2D eigenvalue weighted by molar-refractivity contribution is 0.388. The largest absolute Gasteiger partial charge is 0.271 e. The number of hydrazine groups is 1. The number of pyridine rings is 1. The van der Waals surface area contributed by atoms with Crippen molar-refractivity contribution in [3.8, 4) is 0 Å². The molecule has 3 rings (SSSR count). The van der Waals surface area contributed by atoms with Crippen LogP contribution in [0.3, 0.4) is 0 Å². The van der Waals surface area contributed by atoms with Crippen LogP contribution in [0, 0.1) is 5.82 Å². The van der Waals surface area contributed by atoms with E-state index in [2.05, 4.69) is 16.5 Å². The summed E-state index contributed by atoms with van der Waals surface area (Å²) in [5.74, 6) is 5.61. The highest BCUT2D eigenvalue weighted by molar-refractivity contribution is 5.32. The van der Waals surface area contributed by atoms with Gasteiger partial charge in [0.15, 0.2) is 0 Å². The second kappa shape index (κ2) is 5.69. The van der Waals surface area contributed by atoms with Crippen molar-refractivity contribution in [2.75, 3.05) is 0 Å². The fraction of sp³-hybridized carbons (Fsp3) is 0.312. The van der Waals surface area contributed by atoms with E-state index in [1.807, 2.05) is 12.1 Å². The first-order valence-electron chi connectivity index (χ1n) is 6.95. The van der Waals surface area contributed by atoms with Crippen molar-refractivity contribution in [3.63, 3.8) is 0 Å². The number of nitrogens with zero attached hydrogens (tertiary/aromatic N) is 1. The summed E-state index contributed by atoms with van der Waals surface area (Å²) in [6.45, 7) is 0. The molecule has 2 unspecified atom stereocenters. The van der Waals surface area contributed by atoms with Crippen LogP contribution in [0.15, 0.2) is 42.6 Å². The number of nitrogens with two attached hydrogens (primary N) is 1. The van der Waals surface area contributed by atoms with Crippen LogP contribution >= 0.6 is 0 Å². The molecule has 3 nitrogen and oxygen atoms in total. The molecular formula is C16H18FN3. The highest BCUT2D eigenvalue weighted by atomic mass is 19.1. The van der Waals surface area contributed by atoms with Gasteiger partial charge in [0.05, 0.1) is 6.04 Å². The van der Waals surface area contributed by atoms with Gasteiger partial charge in [0.25, 0.3) is 0 Å². The molecule has 0 saturated heterocycles. The molecular weight excluding hydrogens is 253 g/mol. The lowest BCUT2D eigenvalue weighted by atomic mass is 9.79. The van der Waals surface area contributed by atoms with Gasteiger partial charge in [0, 0.05) is 23.4 Å². The molecule has 0 radical (unpaired) electrons. The molecule has 0 aliphatic heterocycles. The van der Waals surface area contributed by atoms with Gasteiger partial charge in [-0.1, -0.05) is 24.3 Å². The maximum absolute atomic E-state index is 14.0. The lowest BCUT2D eigenvalue weighted by Gasteiger charge is -2.31. The Morgan fingerprint density at radius 2 is 2.10 bits per heavy atom. The maximum Gasteiger partial charge on any atom is 0.128 e. The Balaban J connectivity index is 2.01. The Labute approximate surface area is 118 Å². The smallest absolute Gasteiger partial charge is 0.128 e. The van der Waals surface area contributed by atoms with Crippen LogP contribution in [0.4, 0.5) is 4.39 Å². The SMILES string of the molecule is NNC(c1ccccc1F)C1CCCc2cccnc21. The van der Waals surface area contributed by atoms with Crippen LogP contribution in [0.5, 0.6) is 0 Å².